The van der Waals surface area contributed by atoms with Crippen molar-refractivity contribution in [3.8, 4) is 5.75 Å². The number of ether oxygens (including phenoxy) is 1. The average molecular weight is 322 g/mol. The van der Waals surface area contributed by atoms with E-state index in [1.54, 1.807) is 36.4 Å². The van der Waals surface area contributed by atoms with Crippen LogP contribution in [-0.4, -0.2) is 18.3 Å². The highest BCUT2D eigenvalue weighted by molar-refractivity contribution is 6.44. The van der Waals surface area contributed by atoms with Gasteiger partial charge in [-0.05, 0) is 30.3 Å². The van der Waals surface area contributed by atoms with Gasteiger partial charge in [-0.15, -0.1) is 0 Å². The zero-order valence-electron chi connectivity index (χ0n) is 10.7. The Labute approximate surface area is 130 Å². The number of hydrogen-bond acceptors (Lipinski definition) is 3. The smallest absolute Gasteiger partial charge is 0.262 e. The van der Waals surface area contributed by atoms with Crippen LogP contribution >= 0.6 is 23.2 Å². The Morgan fingerprint density at radius 1 is 1.19 bits per heavy atom. The lowest BCUT2D eigenvalue weighted by molar-refractivity contribution is -0.118. The van der Waals surface area contributed by atoms with Crippen molar-refractivity contribution in [2.24, 2.45) is 0 Å². The van der Waals surface area contributed by atoms with Crippen LogP contribution < -0.4 is 10.1 Å². The van der Waals surface area contributed by atoms with Gasteiger partial charge in [0.25, 0.3) is 5.91 Å². The van der Waals surface area contributed by atoms with Gasteiger partial charge in [0.1, 0.15) is 5.75 Å². The number of anilines is 1. The maximum Gasteiger partial charge on any atom is 0.262 e. The van der Waals surface area contributed by atoms with E-state index in [9.17, 15) is 9.59 Å². The Bertz CT molecular complexity index is 759. The van der Waals surface area contributed by atoms with Gasteiger partial charge in [0, 0.05) is 11.1 Å². The lowest BCUT2D eigenvalue weighted by Crippen LogP contribution is -2.25. The van der Waals surface area contributed by atoms with Crippen molar-refractivity contribution in [3.63, 3.8) is 0 Å². The fourth-order valence-electron chi connectivity index (χ4n) is 2.06. The normalized spacial score (nSPS) is 13.1. The van der Waals surface area contributed by atoms with Gasteiger partial charge in [0.15, 0.2) is 12.4 Å². The van der Waals surface area contributed by atoms with E-state index < -0.39 is 0 Å². The van der Waals surface area contributed by atoms with Gasteiger partial charge in [-0.3, -0.25) is 9.59 Å². The lowest BCUT2D eigenvalue weighted by atomic mass is 10.0. The molecule has 0 saturated carbocycles. The van der Waals surface area contributed by atoms with Crippen molar-refractivity contribution in [2.45, 2.75) is 0 Å². The Morgan fingerprint density at radius 2 is 2.00 bits per heavy atom. The molecule has 0 fully saturated rings. The molecule has 0 aliphatic carbocycles. The number of nitrogens with one attached hydrogen (secondary N) is 1. The summed E-state index contributed by atoms with van der Waals surface area (Å²) in [6.45, 7) is -0.0274. The molecular weight excluding hydrogens is 313 g/mol. The second kappa shape index (κ2) is 5.39. The number of benzene rings is 2. The summed E-state index contributed by atoms with van der Waals surface area (Å²) in [5.74, 6) is 0.00125. The molecule has 0 atom stereocenters. The third kappa shape index (κ3) is 2.60. The molecule has 0 radical (unpaired) electrons. The van der Waals surface area contributed by atoms with Gasteiger partial charge < -0.3 is 10.1 Å². The molecule has 1 heterocycles. The zero-order valence-corrected chi connectivity index (χ0v) is 12.2. The number of carbonyl (C=O) groups is 2. The molecule has 6 heteroatoms. The number of amides is 1. The molecular formula is C15H9Cl2NO3. The molecule has 106 valence electrons. The van der Waals surface area contributed by atoms with Crippen LogP contribution in [0, 0.1) is 0 Å². The van der Waals surface area contributed by atoms with E-state index in [-0.39, 0.29) is 23.3 Å². The minimum Gasteiger partial charge on any atom is -0.482 e. The fourth-order valence-corrected chi connectivity index (χ4v) is 2.45. The van der Waals surface area contributed by atoms with Crippen LogP contribution in [-0.2, 0) is 4.79 Å². The number of halogens is 2. The molecule has 0 unspecified atom stereocenters. The molecule has 0 saturated heterocycles. The summed E-state index contributed by atoms with van der Waals surface area (Å²) < 4.78 is 5.25. The largest absolute Gasteiger partial charge is 0.482 e. The number of ketones is 1. The van der Waals surface area contributed by atoms with E-state index in [1.165, 1.54) is 0 Å². The minimum atomic E-state index is -0.273. The van der Waals surface area contributed by atoms with Crippen LogP contribution in [0.25, 0.3) is 0 Å². The summed E-state index contributed by atoms with van der Waals surface area (Å²) in [7, 11) is 0. The summed E-state index contributed by atoms with van der Waals surface area (Å²) >= 11 is 12.0. The van der Waals surface area contributed by atoms with Gasteiger partial charge in [-0.25, -0.2) is 0 Å². The summed E-state index contributed by atoms with van der Waals surface area (Å²) in [4.78, 5) is 23.8. The Morgan fingerprint density at radius 3 is 2.81 bits per heavy atom. The van der Waals surface area contributed by atoms with Crippen LogP contribution in [0.1, 0.15) is 15.9 Å². The Kier molecular flexibility index (Phi) is 3.57. The van der Waals surface area contributed by atoms with Crippen molar-refractivity contribution in [3.05, 3.63) is 57.6 Å². The van der Waals surface area contributed by atoms with Crippen LogP contribution in [0.5, 0.6) is 5.75 Å². The molecule has 3 rings (SSSR count). The van der Waals surface area contributed by atoms with Gasteiger partial charge >= 0.3 is 0 Å². The lowest BCUT2D eigenvalue weighted by Gasteiger charge is -2.18. The molecule has 2 aromatic rings. The van der Waals surface area contributed by atoms with E-state index in [4.69, 9.17) is 27.9 Å². The number of carbonyl (C=O) groups excluding carboxylic acids is 2. The first kappa shape index (κ1) is 13.9. The molecule has 1 aliphatic rings. The van der Waals surface area contributed by atoms with E-state index in [0.717, 1.165) is 0 Å². The van der Waals surface area contributed by atoms with Crippen LogP contribution in [0.4, 0.5) is 5.69 Å². The third-order valence-electron chi connectivity index (χ3n) is 3.07. The first-order chi connectivity index (χ1) is 10.1. The first-order valence-electron chi connectivity index (χ1n) is 6.11. The fraction of sp³-hybridized carbons (Fsp3) is 0.0667. The van der Waals surface area contributed by atoms with E-state index in [2.05, 4.69) is 5.32 Å². The topological polar surface area (TPSA) is 55.4 Å². The molecule has 2 aromatic carbocycles. The number of hydrogen-bond donors (Lipinski definition) is 1. The standard InChI is InChI=1S/C15H9Cl2NO3/c16-10-3-1-2-9(14(10)17)15(20)8-4-5-12-11(6-8)18-13(19)7-21-12/h1-6H,7H2,(H,18,19). The Hall–Kier alpha value is -2.04. The SMILES string of the molecule is O=C1COc2ccc(C(=O)c3cccc(Cl)c3Cl)cc2N1. The van der Waals surface area contributed by atoms with E-state index in [1.807, 2.05) is 0 Å². The minimum absolute atomic E-state index is 0.0274. The first-order valence-corrected chi connectivity index (χ1v) is 6.87. The highest BCUT2D eigenvalue weighted by Crippen LogP contribution is 2.31. The van der Waals surface area contributed by atoms with Gasteiger partial charge in [0.05, 0.1) is 15.7 Å². The molecule has 1 N–H and O–H groups in total. The third-order valence-corrected chi connectivity index (χ3v) is 3.89. The molecule has 1 amide bonds. The summed E-state index contributed by atoms with van der Waals surface area (Å²) in [6.07, 6.45) is 0. The number of rotatable bonds is 2. The van der Waals surface area contributed by atoms with Gasteiger partial charge in [-0.1, -0.05) is 29.3 Å². The molecule has 21 heavy (non-hydrogen) atoms. The maximum absolute atomic E-state index is 12.5. The van der Waals surface area contributed by atoms with E-state index >= 15 is 0 Å². The van der Waals surface area contributed by atoms with Crippen molar-refractivity contribution < 1.29 is 14.3 Å². The predicted molar refractivity (Wildman–Crippen MR) is 80.5 cm³/mol. The highest BCUT2D eigenvalue weighted by atomic mass is 35.5. The van der Waals surface area contributed by atoms with Gasteiger partial charge in [0.2, 0.25) is 0 Å². The maximum atomic E-state index is 12.5. The summed E-state index contributed by atoms with van der Waals surface area (Å²) in [5.41, 5.74) is 1.17. The average Bonchev–Trinajstić information content (AvgIpc) is 2.48. The second-order valence-electron chi connectivity index (χ2n) is 4.48. The molecule has 0 bridgehead atoms. The summed E-state index contributed by atoms with van der Waals surface area (Å²) in [6, 6.07) is 9.69. The highest BCUT2D eigenvalue weighted by Gasteiger charge is 2.20. The predicted octanol–water partition coefficient (Wildman–Crippen LogP) is 3.56. The monoisotopic (exact) mass is 321 g/mol. The molecule has 0 spiro atoms. The molecule has 0 aromatic heterocycles. The van der Waals surface area contributed by atoms with Crippen LogP contribution in [0.2, 0.25) is 10.0 Å². The zero-order chi connectivity index (χ0) is 15.0. The van der Waals surface area contributed by atoms with Gasteiger partial charge in [-0.2, -0.15) is 0 Å². The van der Waals surface area contributed by atoms with Crippen molar-refractivity contribution in [1.29, 1.82) is 0 Å². The Balaban J connectivity index is 2.01. The molecule has 1 aliphatic heterocycles. The van der Waals surface area contributed by atoms with Crippen molar-refractivity contribution in [1.82, 2.24) is 0 Å². The second-order valence-corrected chi connectivity index (χ2v) is 5.26. The van der Waals surface area contributed by atoms with E-state index in [0.29, 0.717) is 27.6 Å². The number of fused-ring (bicyclic) bond motifs is 1. The van der Waals surface area contributed by atoms with Crippen LogP contribution in [0.3, 0.4) is 0 Å². The van der Waals surface area contributed by atoms with Crippen molar-refractivity contribution >= 4 is 40.6 Å². The van der Waals surface area contributed by atoms with Crippen molar-refractivity contribution in [2.75, 3.05) is 11.9 Å². The summed E-state index contributed by atoms with van der Waals surface area (Å²) in [5, 5.41) is 3.18. The quantitative estimate of drug-likeness (QED) is 0.860. The van der Waals surface area contributed by atoms with Crippen LogP contribution in [0.15, 0.2) is 36.4 Å². The molecule has 4 nitrogen and oxygen atoms in total.